The van der Waals surface area contributed by atoms with E-state index >= 15 is 0 Å². The summed E-state index contributed by atoms with van der Waals surface area (Å²) in [5.41, 5.74) is -6.86. The molecule has 5 rings (SSSR count). The number of hydrogen-bond acceptors (Lipinski definition) is 14. The Morgan fingerprint density at radius 3 is 1.96 bits per heavy atom. The van der Waals surface area contributed by atoms with Crippen LogP contribution in [0.25, 0.3) is 0 Å². The van der Waals surface area contributed by atoms with Crippen LogP contribution in [0.1, 0.15) is 85.0 Å². The Labute approximate surface area is 295 Å². The molecule has 4 aliphatic carbocycles. The average Bonchev–Trinajstić information content (AvgIpc) is 3.41. The van der Waals surface area contributed by atoms with Crippen LogP contribution in [0.4, 0.5) is 0 Å². The number of rotatable bonds is 8. The number of aliphatic hydroxyl groups is 1. The Morgan fingerprint density at radius 2 is 1.39 bits per heavy atom. The van der Waals surface area contributed by atoms with E-state index < -0.39 is 113 Å². The molecule has 2 bridgehead atoms. The highest BCUT2D eigenvalue weighted by molar-refractivity contribution is 5.90. The van der Waals surface area contributed by atoms with Gasteiger partial charge in [-0.1, -0.05) is 45.9 Å². The maximum absolute atomic E-state index is 14.2. The molecule has 1 N–H and O–H groups in total. The van der Waals surface area contributed by atoms with Crippen molar-refractivity contribution < 1.29 is 67.1 Å². The molecule has 278 valence electrons. The number of benzene rings is 1. The SMILES string of the molecule is CC(=O)OCC(=O)O[C@@H]1[C@H]2[C@@H](OC(=O)c3ccccc3)[C@@H](C)C[C@]2(O)[C@H](OC(C)=O)[C@@]2(C)[C@H]3CC(C)(C)C(=O)[C@@H]3C[C@]1(OC(C)=O)[C@@H]2OC(C)=O. The quantitative estimate of drug-likeness (QED) is 0.305. The summed E-state index contributed by atoms with van der Waals surface area (Å²) < 4.78 is 35.5. The molecule has 1 aromatic carbocycles. The monoisotopic (exact) mass is 714 g/mol. The lowest BCUT2D eigenvalue weighted by molar-refractivity contribution is -0.269. The third-order valence-electron chi connectivity index (χ3n) is 11.3. The highest BCUT2D eigenvalue weighted by atomic mass is 16.6. The molecule has 0 radical (unpaired) electrons. The minimum Gasteiger partial charge on any atom is -0.459 e. The smallest absolute Gasteiger partial charge is 0.344 e. The molecule has 0 heterocycles. The summed E-state index contributed by atoms with van der Waals surface area (Å²) >= 11 is 0. The first-order valence-corrected chi connectivity index (χ1v) is 17.1. The van der Waals surface area contributed by atoms with E-state index in [9.17, 15) is 38.7 Å². The predicted molar refractivity (Wildman–Crippen MR) is 173 cm³/mol. The second kappa shape index (κ2) is 13.3. The molecule has 0 amide bonds. The van der Waals surface area contributed by atoms with Crippen LogP contribution in [0, 0.1) is 34.5 Å². The number of carbonyl (C=O) groups is 7. The Hall–Kier alpha value is -4.33. The summed E-state index contributed by atoms with van der Waals surface area (Å²) in [6, 6.07) is 8.03. The summed E-state index contributed by atoms with van der Waals surface area (Å²) in [6.07, 6.45) is -6.55. The van der Waals surface area contributed by atoms with Crippen molar-refractivity contribution in [3.05, 3.63) is 35.9 Å². The standard InChI is InChI=1S/C37H46O14/c1-18-14-36(45)27(28(18)50-31(44)23-12-10-9-11-13-23)30(49-26(42)17-46-19(2)38)37(51-22(5)41)15-24-25(16-34(6,7)29(24)43)35(8,32(36)47-20(3)39)33(37)48-21(4)40/h9-13,18,24-25,27-28,30,32-33,45H,14-17H2,1-8H3/t18-,24+,25-,27+,28-,30+,32+,33+,35+,36+,37+/m0/s1. The first kappa shape index (κ1) is 37.9. The van der Waals surface area contributed by atoms with E-state index in [1.165, 1.54) is 12.1 Å². The molecule has 0 unspecified atom stereocenters. The number of carbonyl (C=O) groups excluding carboxylic acids is 7. The lowest BCUT2D eigenvalue weighted by Crippen LogP contribution is -2.70. The molecule has 4 aliphatic rings. The number of Topliss-reactive ketones (excluding diaryl/α,β-unsaturated/α-hetero) is 1. The zero-order valence-electron chi connectivity index (χ0n) is 30.1. The van der Waals surface area contributed by atoms with Crippen LogP contribution in [-0.4, -0.2) is 88.9 Å². The molecule has 0 spiro atoms. The third-order valence-corrected chi connectivity index (χ3v) is 11.3. The molecule has 14 nitrogen and oxygen atoms in total. The fourth-order valence-corrected chi connectivity index (χ4v) is 9.77. The lowest BCUT2D eigenvalue weighted by atomic mass is 9.53. The van der Waals surface area contributed by atoms with E-state index in [-0.39, 0.29) is 30.6 Å². The number of fused-ring (bicyclic) bond motifs is 5. The van der Waals surface area contributed by atoms with E-state index in [0.29, 0.717) is 0 Å². The van der Waals surface area contributed by atoms with E-state index in [1.54, 1.807) is 45.9 Å². The molecule has 14 heteroatoms. The van der Waals surface area contributed by atoms with Crippen molar-refractivity contribution in [3.8, 4) is 0 Å². The third kappa shape index (κ3) is 6.40. The highest BCUT2D eigenvalue weighted by Crippen LogP contribution is 2.69. The van der Waals surface area contributed by atoms with Crippen LogP contribution in [0.2, 0.25) is 0 Å². The van der Waals surface area contributed by atoms with Crippen LogP contribution in [0.15, 0.2) is 30.3 Å². The van der Waals surface area contributed by atoms with Gasteiger partial charge in [-0.3, -0.25) is 24.0 Å². The molecule has 0 aromatic heterocycles. The first-order chi connectivity index (χ1) is 23.7. The van der Waals surface area contributed by atoms with Crippen molar-refractivity contribution in [1.29, 1.82) is 0 Å². The van der Waals surface area contributed by atoms with E-state index in [0.717, 1.165) is 27.7 Å². The van der Waals surface area contributed by atoms with Gasteiger partial charge in [0.15, 0.2) is 24.4 Å². The van der Waals surface area contributed by atoms with Crippen LogP contribution in [0.5, 0.6) is 0 Å². The summed E-state index contributed by atoms with van der Waals surface area (Å²) in [7, 11) is 0. The van der Waals surface area contributed by atoms with Gasteiger partial charge in [-0.25, -0.2) is 9.59 Å². The van der Waals surface area contributed by atoms with Gasteiger partial charge in [0, 0.05) is 45.4 Å². The summed E-state index contributed by atoms with van der Waals surface area (Å²) in [4.78, 5) is 92.6. The van der Waals surface area contributed by atoms with Crippen molar-refractivity contribution >= 4 is 41.6 Å². The summed E-state index contributed by atoms with van der Waals surface area (Å²) in [6.45, 7) is 10.4. The van der Waals surface area contributed by atoms with Crippen molar-refractivity contribution in [3.63, 3.8) is 0 Å². The predicted octanol–water partition coefficient (Wildman–Crippen LogP) is 2.89. The van der Waals surface area contributed by atoms with E-state index in [2.05, 4.69) is 0 Å². The summed E-state index contributed by atoms with van der Waals surface area (Å²) in [5, 5.41) is 13.2. The maximum Gasteiger partial charge on any atom is 0.344 e. The number of esters is 6. The van der Waals surface area contributed by atoms with Crippen molar-refractivity contribution in [2.75, 3.05) is 6.61 Å². The second-order valence-electron chi connectivity index (χ2n) is 15.4. The van der Waals surface area contributed by atoms with E-state index in [1.807, 2.05) is 0 Å². The minimum atomic E-state index is -2.22. The fourth-order valence-electron chi connectivity index (χ4n) is 9.77. The van der Waals surface area contributed by atoms with Crippen LogP contribution in [-0.2, 0) is 57.2 Å². The van der Waals surface area contributed by atoms with Crippen molar-refractivity contribution in [2.45, 2.75) is 110 Å². The Bertz CT molecular complexity index is 1620. The molecule has 11 atom stereocenters. The number of ether oxygens (including phenoxy) is 6. The molecule has 0 aliphatic heterocycles. The van der Waals surface area contributed by atoms with Gasteiger partial charge in [0.25, 0.3) is 0 Å². The van der Waals surface area contributed by atoms with Gasteiger partial charge >= 0.3 is 35.8 Å². The van der Waals surface area contributed by atoms with Crippen LogP contribution in [0.3, 0.4) is 0 Å². The van der Waals surface area contributed by atoms with Gasteiger partial charge in [0.1, 0.15) is 23.6 Å². The maximum atomic E-state index is 14.2. The van der Waals surface area contributed by atoms with Crippen molar-refractivity contribution in [2.24, 2.45) is 34.5 Å². The highest BCUT2D eigenvalue weighted by Gasteiger charge is 2.82. The molecule has 51 heavy (non-hydrogen) atoms. The fraction of sp³-hybridized carbons (Fsp3) is 0.649. The van der Waals surface area contributed by atoms with Crippen LogP contribution >= 0.6 is 0 Å². The number of hydrogen-bond donors (Lipinski definition) is 1. The molecule has 1 aromatic rings. The van der Waals surface area contributed by atoms with Gasteiger partial charge in [0.05, 0.1) is 16.9 Å². The molecular formula is C37H46O14. The normalized spacial score (nSPS) is 37.5. The Morgan fingerprint density at radius 1 is 0.784 bits per heavy atom. The average molecular weight is 715 g/mol. The van der Waals surface area contributed by atoms with E-state index in [4.69, 9.17) is 28.4 Å². The minimum absolute atomic E-state index is 0.175. The zero-order chi connectivity index (χ0) is 37.8. The lowest BCUT2D eigenvalue weighted by Gasteiger charge is -2.58. The molecule has 4 saturated carbocycles. The first-order valence-electron chi connectivity index (χ1n) is 17.1. The topological polar surface area (TPSA) is 195 Å². The zero-order valence-corrected chi connectivity index (χ0v) is 30.1. The Kier molecular flexibility index (Phi) is 9.91. The summed E-state index contributed by atoms with van der Waals surface area (Å²) in [5.74, 6) is -9.32. The number of ketones is 1. The van der Waals surface area contributed by atoms with Gasteiger partial charge in [-0.15, -0.1) is 0 Å². The van der Waals surface area contributed by atoms with Gasteiger partial charge < -0.3 is 33.5 Å². The van der Waals surface area contributed by atoms with Gasteiger partial charge in [-0.05, 0) is 36.8 Å². The van der Waals surface area contributed by atoms with Gasteiger partial charge in [0.2, 0.25) is 0 Å². The van der Waals surface area contributed by atoms with Crippen LogP contribution < -0.4 is 0 Å². The largest absolute Gasteiger partial charge is 0.459 e. The van der Waals surface area contributed by atoms with Crippen molar-refractivity contribution in [1.82, 2.24) is 0 Å². The molecule has 0 saturated heterocycles. The second-order valence-corrected chi connectivity index (χ2v) is 15.4. The molecule has 4 fully saturated rings. The molecular weight excluding hydrogens is 668 g/mol. The van der Waals surface area contributed by atoms with Gasteiger partial charge in [-0.2, -0.15) is 0 Å². The Balaban J connectivity index is 1.85.